The molecular formula is C20H20FN5O2. The summed E-state index contributed by atoms with van der Waals surface area (Å²) in [7, 11) is 0. The second kappa shape index (κ2) is 6.19. The average molecular weight is 381 g/mol. The molecule has 7 nitrogen and oxygen atoms in total. The lowest BCUT2D eigenvalue weighted by atomic mass is 10.0. The first kappa shape index (κ1) is 17.0. The third kappa shape index (κ3) is 2.85. The number of benzene rings is 1. The molecule has 0 radical (unpaired) electrons. The Kier molecular flexibility index (Phi) is 3.75. The molecule has 5 rings (SSSR count). The van der Waals surface area contributed by atoms with Gasteiger partial charge in [-0.25, -0.2) is 13.9 Å². The van der Waals surface area contributed by atoms with Crippen molar-refractivity contribution in [3.63, 3.8) is 0 Å². The van der Waals surface area contributed by atoms with Crippen molar-refractivity contribution in [3.05, 3.63) is 53.6 Å². The van der Waals surface area contributed by atoms with Crippen LogP contribution in [-0.2, 0) is 0 Å². The average Bonchev–Trinajstić information content (AvgIpc) is 3.31. The molecule has 28 heavy (non-hydrogen) atoms. The number of hydrogen-bond donors (Lipinski definition) is 2. The molecule has 2 aromatic heterocycles. The molecule has 0 unspecified atom stereocenters. The molecule has 1 aliphatic carbocycles. The molecule has 144 valence electrons. The number of rotatable bonds is 1. The molecule has 1 spiro atoms. The number of ether oxygens (including phenoxy) is 1. The van der Waals surface area contributed by atoms with Crippen LogP contribution in [0.25, 0.3) is 5.65 Å². The second-order valence-corrected chi connectivity index (χ2v) is 7.44. The van der Waals surface area contributed by atoms with E-state index in [2.05, 4.69) is 20.7 Å². The van der Waals surface area contributed by atoms with E-state index in [1.165, 1.54) is 22.8 Å². The Morgan fingerprint density at radius 2 is 2.18 bits per heavy atom. The highest BCUT2D eigenvalue weighted by atomic mass is 19.1. The van der Waals surface area contributed by atoms with Crippen LogP contribution in [0.4, 0.5) is 10.2 Å². The van der Waals surface area contributed by atoms with Gasteiger partial charge in [-0.1, -0.05) is 6.92 Å². The first-order valence-electron chi connectivity index (χ1n) is 9.43. The van der Waals surface area contributed by atoms with Crippen molar-refractivity contribution in [1.29, 1.82) is 0 Å². The highest BCUT2D eigenvalue weighted by Crippen LogP contribution is 2.38. The van der Waals surface area contributed by atoms with Crippen LogP contribution < -0.4 is 15.4 Å². The summed E-state index contributed by atoms with van der Waals surface area (Å²) in [5.41, 5.74) is 1.29. The summed E-state index contributed by atoms with van der Waals surface area (Å²) < 4.78 is 21.6. The van der Waals surface area contributed by atoms with E-state index >= 15 is 0 Å². The Morgan fingerprint density at radius 1 is 1.32 bits per heavy atom. The molecule has 1 fully saturated rings. The molecule has 1 aliphatic heterocycles. The molecule has 3 heterocycles. The molecule has 1 atom stereocenters. The molecule has 8 heteroatoms. The van der Waals surface area contributed by atoms with E-state index in [9.17, 15) is 9.18 Å². The van der Waals surface area contributed by atoms with Crippen molar-refractivity contribution < 1.29 is 13.9 Å². The fraction of sp³-hybridized carbons (Fsp3) is 0.350. The van der Waals surface area contributed by atoms with Gasteiger partial charge in [-0.3, -0.25) is 4.79 Å². The monoisotopic (exact) mass is 381 g/mol. The number of amides is 1. The summed E-state index contributed by atoms with van der Waals surface area (Å²) in [6.07, 6.45) is 3.90. The molecule has 3 aromatic rings. The topological polar surface area (TPSA) is 80.5 Å². The summed E-state index contributed by atoms with van der Waals surface area (Å²) in [5.74, 6) is 0.635. The van der Waals surface area contributed by atoms with Crippen LogP contribution in [0, 0.1) is 5.82 Å². The quantitative estimate of drug-likeness (QED) is 0.677. The van der Waals surface area contributed by atoms with Crippen LogP contribution in [-0.4, -0.2) is 32.7 Å². The van der Waals surface area contributed by atoms with E-state index in [1.807, 2.05) is 6.92 Å². The van der Waals surface area contributed by atoms with Gasteiger partial charge in [0.25, 0.3) is 5.91 Å². The van der Waals surface area contributed by atoms with E-state index in [0.717, 1.165) is 18.4 Å². The molecule has 2 N–H and O–H groups in total. The van der Waals surface area contributed by atoms with E-state index in [4.69, 9.17) is 4.74 Å². The highest BCUT2D eigenvalue weighted by molar-refractivity contribution is 5.94. The Balaban J connectivity index is 1.65. The van der Waals surface area contributed by atoms with E-state index in [0.29, 0.717) is 35.9 Å². The van der Waals surface area contributed by atoms with Gasteiger partial charge in [-0.2, -0.15) is 0 Å². The van der Waals surface area contributed by atoms with Gasteiger partial charge < -0.3 is 15.4 Å². The largest absolute Gasteiger partial charge is 0.491 e. The van der Waals surface area contributed by atoms with Crippen molar-refractivity contribution in [2.24, 2.45) is 0 Å². The number of aromatic nitrogens is 3. The molecular weight excluding hydrogens is 361 g/mol. The van der Waals surface area contributed by atoms with Crippen LogP contribution in [0.5, 0.6) is 5.75 Å². The lowest BCUT2D eigenvalue weighted by Gasteiger charge is -2.23. The van der Waals surface area contributed by atoms with Crippen molar-refractivity contribution >= 4 is 17.4 Å². The summed E-state index contributed by atoms with van der Waals surface area (Å²) in [6.45, 7) is 2.35. The molecule has 1 saturated carbocycles. The molecule has 1 aromatic carbocycles. The van der Waals surface area contributed by atoms with Gasteiger partial charge in [0.1, 0.15) is 24.0 Å². The number of hydrogen-bond acceptors (Lipinski definition) is 5. The van der Waals surface area contributed by atoms with Gasteiger partial charge in [0.15, 0.2) is 11.3 Å². The standard InChI is InChI=1S/C20H20FN5O2/c1-2-14-13-9-12(21)3-4-16(13)28-11-20(7-8-20)24-19(27)15-10-22-18-6-5-17(23-14)25-26(15)18/h3-6,9-10,14H,2,7-8,11H2,1H3,(H,23,25)(H,24,27)/t14-/m1/s1. The van der Waals surface area contributed by atoms with Gasteiger partial charge in [-0.15, -0.1) is 5.10 Å². The number of carbonyl (C=O) groups is 1. The van der Waals surface area contributed by atoms with Gasteiger partial charge in [0, 0.05) is 5.56 Å². The molecule has 2 aliphatic rings. The third-order valence-electron chi connectivity index (χ3n) is 5.41. The summed E-state index contributed by atoms with van der Waals surface area (Å²) >= 11 is 0. The van der Waals surface area contributed by atoms with Gasteiger partial charge in [0.05, 0.1) is 17.8 Å². The first-order valence-corrected chi connectivity index (χ1v) is 9.43. The fourth-order valence-corrected chi connectivity index (χ4v) is 3.58. The Morgan fingerprint density at radius 3 is 2.96 bits per heavy atom. The minimum atomic E-state index is -0.409. The summed E-state index contributed by atoms with van der Waals surface area (Å²) in [5, 5.41) is 10.9. The lowest BCUT2D eigenvalue weighted by Crippen LogP contribution is -2.41. The van der Waals surface area contributed by atoms with Gasteiger partial charge >= 0.3 is 0 Å². The van der Waals surface area contributed by atoms with Crippen molar-refractivity contribution in [2.75, 3.05) is 11.9 Å². The van der Waals surface area contributed by atoms with Crippen LogP contribution in [0.2, 0.25) is 0 Å². The number of anilines is 1. The maximum atomic E-state index is 14.0. The smallest absolute Gasteiger partial charge is 0.272 e. The fourth-order valence-electron chi connectivity index (χ4n) is 3.58. The second-order valence-electron chi connectivity index (χ2n) is 7.44. The highest BCUT2D eigenvalue weighted by Gasteiger charge is 2.45. The summed E-state index contributed by atoms with van der Waals surface area (Å²) in [4.78, 5) is 17.1. The van der Waals surface area contributed by atoms with Gasteiger partial charge in [0.2, 0.25) is 0 Å². The Labute approximate surface area is 160 Å². The van der Waals surface area contributed by atoms with Crippen LogP contribution in [0.3, 0.4) is 0 Å². The predicted octanol–water partition coefficient (Wildman–Crippen LogP) is 3.09. The number of carbonyl (C=O) groups excluding carboxylic acids is 1. The molecule has 2 bridgehead atoms. The predicted molar refractivity (Wildman–Crippen MR) is 101 cm³/mol. The van der Waals surface area contributed by atoms with E-state index < -0.39 is 5.54 Å². The zero-order chi connectivity index (χ0) is 19.3. The third-order valence-corrected chi connectivity index (χ3v) is 5.41. The van der Waals surface area contributed by atoms with Crippen molar-refractivity contribution in [2.45, 2.75) is 37.8 Å². The maximum Gasteiger partial charge on any atom is 0.272 e. The maximum absolute atomic E-state index is 14.0. The van der Waals surface area contributed by atoms with Crippen LogP contribution in [0.15, 0.2) is 36.5 Å². The number of halogens is 1. The molecule has 1 amide bonds. The number of imidazole rings is 1. The van der Waals surface area contributed by atoms with Crippen LogP contribution >= 0.6 is 0 Å². The normalized spacial score (nSPS) is 20.4. The molecule has 0 saturated heterocycles. The van der Waals surface area contributed by atoms with Crippen molar-refractivity contribution in [3.8, 4) is 5.75 Å². The minimum Gasteiger partial charge on any atom is -0.491 e. The number of nitrogens with zero attached hydrogens (tertiary/aromatic N) is 3. The summed E-state index contributed by atoms with van der Waals surface area (Å²) in [6, 6.07) is 7.94. The van der Waals surface area contributed by atoms with Gasteiger partial charge in [-0.05, 0) is 49.6 Å². The zero-order valence-electron chi connectivity index (χ0n) is 15.4. The van der Waals surface area contributed by atoms with E-state index in [-0.39, 0.29) is 17.8 Å². The Hall–Kier alpha value is -3.16. The van der Waals surface area contributed by atoms with E-state index in [1.54, 1.807) is 18.2 Å². The first-order chi connectivity index (χ1) is 13.6. The van der Waals surface area contributed by atoms with Crippen molar-refractivity contribution in [1.82, 2.24) is 19.9 Å². The minimum absolute atomic E-state index is 0.192. The number of nitrogens with one attached hydrogen (secondary N) is 2. The SMILES string of the molecule is CC[C@H]1Nc2ccc3ncc(n3n2)C(=O)NC2(CC2)COc2ccc(F)cc21. The lowest BCUT2D eigenvalue weighted by molar-refractivity contribution is 0.0905. The Bertz CT molecular complexity index is 1080. The van der Waals surface area contributed by atoms with Crippen LogP contribution in [0.1, 0.15) is 48.3 Å². The number of fused-ring (bicyclic) bond motifs is 2. The zero-order valence-corrected chi connectivity index (χ0v) is 15.4.